The summed E-state index contributed by atoms with van der Waals surface area (Å²) < 4.78 is 6.28. The molecule has 4 aromatic rings. The van der Waals surface area contributed by atoms with Crippen LogP contribution in [0.5, 0.6) is 11.5 Å². The average molecular weight is 528 g/mol. The molecule has 0 spiro atoms. The first-order valence-corrected chi connectivity index (χ1v) is 13.3. The van der Waals surface area contributed by atoms with Gasteiger partial charge in [-0.05, 0) is 67.9 Å². The van der Waals surface area contributed by atoms with Crippen LogP contribution >= 0.6 is 12.4 Å². The van der Waals surface area contributed by atoms with Gasteiger partial charge in [0.1, 0.15) is 11.5 Å². The Morgan fingerprint density at radius 1 is 0.763 bits per heavy atom. The van der Waals surface area contributed by atoms with Gasteiger partial charge in [-0.15, -0.1) is 12.4 Å². The predicted octanol–water partition coefficient (Wildman–Crippen LogP) is 7.87. The number of rotatable bonds is 8. The lowest BCUT2D eigenvalue weighted by Crippen LogP contribution is -2.59. The number of hydrogen-bond donors (Lipinski definition) is 1. The number of benzene rings is 4. The molecule has 198 valence electrons. The molecule has 3 nitrogen and oxygen atoms in total. The molecule has 4 aromatic carbocycles. The van der Waals surface area contributed by atoms with Gasteiger partial charge in [-0.3, -0.25) is 4.90 Å². The number of ether oxygens (including phenoxy) is 1. The Morgan fingerprint density at radius 2 is 1.34 bits per heavy atom. The Labute approximate surface area is 233 Å². The average Bonchev–Trinajstić information content (AvgIpc) is 2.92. The molecule has 38 heavy (non-hydrogen) atoms. The maximum absolute atomic E-state index is 12.5. The van der Waals surface area contributed by atoms with Gasteiger partial charge in [0.2, 0.25) is 0 Å². The summed E-state index contributed by atoms with van der Waals surface area (Å²) in [5.74, 6) is 1.60. The third kappa shape index (κ3) is 5.51. The summed E-state index contributed by atoms with van der Waals surface area (Å²) in [6.07, 6.45) is 4.51. The number of hydrogen-bond acceptors (Lipinski definition) is 3. The minimum atomic E-state index is -0.851. The van der Waals surface area contributed by atoms with Crippen molar-refractivity contribution in [2.45, 2.75) is 43.2 Å². The summed E-state index contributed by atoms with van der Waals surface area (Å²) in [7, 11) is 4.30. The number of para-hydroxylation sites is 1. The van der Waals surface area contributed by atoms with Gasteiger partial charge in [-0.1, -0.05) is 104 Å². The molecule has 3 atom stereocenters. The zero-order valence-corrected chi connectivity index (χ0v) is 23.1. The van der Waals surface area contributed by atoms with Crippen molar-refractivity contribution in [2.24, 2.45) is 5.92 Å². The molecule has 0 heterocycles. The summed E-state index contributed by atoms with van der Waals surface area (Å²) in [4.78, 5) is 2.32. The van der Waals surface area contributed by atoms with Gasteiger partial charge in [0.15, 0.2) is 0 Å². The van der Waals surface area contributed by atoms with Crippen molar-refractivity contribution < 1.29 is 9.84 Å². The summed E-state index contributed by atoms with van der Waals surface area (Å²) in [6.45, 7) is 0. The lowest BCUT2D eigenvalue weighted by Gasteiger charge is -2.55. The molecular formula is C34H38ClNO2. The van der Waals surface area contributed by atoms with Crippen molar-refractivity contribution in [2.75, 3.05) is 14.1 Å². The molecular weight excluding hydrogens is 490 g/mol. The van der Waals surface area contributed by atoms with E-state index in [4.69, 9.17) is 4.74 Å². The van der Waals surface area contributed by atoms with Gasteiger partial charge >= 0.3 is 0 Å². The fourth-order valence-electron chi connectivity index (χ4n) is 6.49. The van der Waals surface area contributed by atoms with E-state index in [1.54, 1.807) is 0 Å². The molecule has 5 rings (SSSR count). The van der Waals surface area contributed by atoms with Crippen molar-refractivity contribution in [3.8, 4) is 11.5 Å². The van der Waals surface area contributed by atoms with Crippen LogP contribution in [0.2, 0.25) is 0 Å². The van der Waals surface area contributed by atoms with Crippen molar-refractivity contribution in [1.29, 1.82) is 0 Å². The van der Waals surface area contributed by atoms with E-state index in [2.05, 4.69) is 91.8 Å². The Hall–Kier alpha value is -3.11. The molecule has 0 aromatic heterocycles. The van der Waals surface area contributed by atoms with Crippen LogP contribution in [0.4, 0.5) is 0 Å². The second kappa shape index (κ2) is 12.2. The smallest absolute Gasteiger partial charge is 0.127 e. The maximum Gasteiger partial charge on any atom is 0.127 e. The minimum Gasteiger partial charge on any atom is -0.457 e. The molecule has 1 aliphatic carbocycles. The van der Waals surface area contributed by atoms with E-state index in [1.807, 2.05) is 42.5 Å². The van der Waals surface area contributed by atoms with E-state index in [0.717, 1.165) is 42.7 Å². The molecule has 1 N–H and O–H groups in total. The molecule has 0 bridgehead atoms. The number of nitrogens with zero attached hydrogens (tertiary/aromatic N) is 1. The van der Waals surface area contributed by atoms with E-state index in [-0.39, 0.29) is 18.3 Å². The third-order valence-electron chi connectivity index (χ3n) is 8.03. The van der Waals surface area contributed by atoms with Crippen LogP contribution in [0.25, 0.3) is 0 Å². The first kappa shape index (κ1) is 27.9. The van der Waals surface area contributed by atoms with E-state index in [0.29, 0.717) is 6.42 Å². The lowest BCUT2D eigenvalue weighted by atomic mass is 9.59. The van der Waals surface area contributed by atoms with Crippen molar-refractivity contribution >= 4 is 12.4 Å². The minimum absolute atomic E-state index is 0. The van der Waals surface area contributed by atoms with Crippen molar-refractivity contribution in [1.82, 2.24) is 4.90 Å². The van der Waals surface area contributed by atoms with Crippen LogP contribution in [0.1, 0.15) is 42.4 Å². The van der Waals surface area contributed by atoms with Gasteiger partial charge in [0.05, 0.1) is 11.1 Å². The summed E-state index contributed by atoms with van der Waals surface area (Å²) in [5, 5.41) is 12.5. The largest absolute Gasteiger partial charge is 0.457 e. The van der Waals surface area contributed by atoms with Crippen LogP contribution < -0.4 is 4.74 Å². The second-order valence-electron chi connectivity index (χ2n) is 10.5. The summed E-state index contributed by atoms with van der Waals surface area (Å²) in [5.41, 5.74) is 2.11. The van der Waals surface area contributed by atoms with Crippen LogP contribution in [0.3, 0.4) is 0 Å². The topological polar surface area (TPSA) is 32.7 Å². The highest BCUT2D eigenvalue weighted by Gasteiger charge is 2.54. The highest BCUT2D eigenvalue weighted by atomic mass is 35.5. The molecule has 0 saturated heterocycles. The first-order chi connectivity index (χ1) is 18.0. The Balaban J connectivity index is 0.00000336. The Morgan fingerprint density at radius 3 is 2.00 bits per heavy atom. The molecule has 1 aliphatic rings. The van der Waals surface area contributed by atoms with Crippen LogP contribution in [0.15, 0.2) is 115 Å². The first-order valence-electron chi connectivity index (χ1n) is 13.3. The predicted molar refractivity (Wildman–Crippen MR) is 158 cm³/mol. The lowest BCUT2D eigenvalue weighted by molar-refractivity contribution is -0.101. The fourth-order valence-corrected chi connectivity index (χ4v) is 6.49. The SMILES string of the molecule is CN(C)C(c1ccccc1)(c1cccc(Oc2ccccc2)c1)C1CCCCC1(O)Cc1ccccc1.Cl. The molecule has 0 amide bonds. The fraction of sp³-hybridized carbons (Fsp3) is 0.294. The van der Waals surface area contributed by atoms with Gasteiger partial charge in [0.25, 0.3) is 0 Å². The Bertz CT molecular complexity index is 1280. The molecule has 1 fully saturated rings. The van der Waals surface area contributed by atoms with Gasteiger partial charge in [-0.2, -0.15) is 0 Å². The van der Waals surface area contributed by atoms with E-state index in [9.17, 15) is 5.11 Å². The summed E-state index contributed by atoms with van der Waals surface area (Å²) in [6, 6.07) is 39.5. The quantitative estimate of drug-likeness (QED) is 0.253. The normalized spacial score (nSPS) is 20.8. The second-order valence-corrected chi connectivity index (χ2v) is 10.5. The van der Waals surface area contributed by atoms with Crippen LogP contribution in [0, 0.1) is 5.92 Å². The molecule has 4 heteroatoms. The van der Waals surface area contributed by atoms with Crippen LogP contribution in [-0.2, 0) is 12.0 Å². The van der Waals surface area contributed by atoms with Crippen LogP contribution in [-0.4, -0.2) is 29.7 Å². The number of halogens is 1. The van der Waals surface area contributed by atoms with E-state index >= 15 is 0 Å². The van der Waals surface area contributed by atoms with E-state index < -0.39 is 11.1 Å². The van der Waals surface area contributed by atoms with Crippen molar-refractivity contribution in [3.05, 3.63) is 132 Å². The third-order valence-corrected chi connectivity index (χ3v) is 8.03. The molecule has 0 radical (unpaired) electrons. The van der Waals surface area contributed by atoms with Gasteiger partial charge in [-0.25, -0.2) is 0 Å². The summed E-state index contributed by atoms with van der Waals surface area (Å²) >= 11 is 0. The molecule has 0 aliphatic heterocycles. The number of aliphatic hydroxyl groups is 1. The monoisotopic (exact) mass is 527 g/mol. The standard InChI is InChI=1S/C34H37NO2.ClH/c1-35(2)34(28-17-8-4-9-18-28,29-19-14-22-31(25-29)37-30-20-10-5-11-21-30)32-23-12-13-24-33(32,36)26-27-15-6-3-7-16-27;/h3-11,14-22,25,32,36H,12-13,23-24,26H2,1-2H3;1H. The molecule has 3 unspecified atom stereocenters. The maximum atomic E-state index is 12.5. The Kier molecular flexibility index (Phi) is 8.94. The zero-order valence-electron chi connectivity index (χ0n) is 22.3. The van der Waals surface area contributed by atoms with E-state index in [1.165, 1.54) is 11.1 Å². The highest BCUT2D eigenvalue weighted by molar-refractivity contribution is 5.85. The van der Waals surface area contributed by atoms with Gasteiger partial charge < -0.3 is 9.84 Å². The highest BCUT2D eigenvalue weighted by Crippen LogP contribution is 2.52. The van der Waals surface area contributed by atoms with Crippen molar-refractivity contribution in [3.63, 3.8) is 0 Å². The zero-order chi connectivity index (χ0) is 25.7. The van der Waals surface area contributed by atoms with Gasteiger partial charge in [0, 0.05) is 12.3 Å². The molecule has 1 saturated carbocycles.